The van der Waals surface area contributed by atoms with Crippen molar-refractivity contribution in [1.82, 2.24) is 9.88 Å². The first kappa shape index (κ1) is 19.6. The van der Waals surface area contributed by atoms with Gasteiger partial charge in [-0.05, 0) is 24.6 Å². The molecule has 28 heavy (non-hydrogen) atoms. The Labute approximate surface area is 158 Å². The second kappa shape index (κ2) is 7.83. The van der Waals surface area contributed by atoms with E-state index in [9.17, 15) is 28.1 Å². The minimum atomic E-state index is -4.45. The molecule has 3 rings (SSSR count). The summed E-state index contributed by atoms with van der Waals surface area (Å²) < 4.78 is 38.0. The van der Waals surface area contributed by atoms with Crippen LogP contribution in [0.2, 0.25) is 0 Å². The maximum atomic E-state index is 12.7. The number of carbonyl (C=O) groups is 1. The van der Waals surface area contributed by atoms with Gasteiger partial charge in [-0.2, -0.15) is 13.2 Å². The Morgan fingerprint density at radius 3 is 2.46 bits per heavy atom. The molecule has 0 unspecified atom stereocenters. The van der Waals surface area contributed by atoms with Gasteiger partial charge in [0.15, 0.2) is 0 Å². The summed E-state index contributed by atoms with van der Waals surface area (Å²) in [5.74, 6) is -0.0393. The summed E-state index contributed by atoms with van der Waals surface area (Å²) in [5, 5.41) is 11.2. The van der Waals surface area contributed by atoms with Crippen LogP contribution >= 0.6 is 0 Å². The van der Waals surface area contributed by atoms with E-state index in [0.29, 0.717) is 31.9 Å². The average molecular weight is 394 g/mol. The minimum absolute atomic E-state index is 0.0219. The van der Waals surface area contributed by atoms with Crippen molar-refractivity contribution < 1.29 is 22.9 Å². The molecule has 1 aromatic heterocycles. The monoisotopic (exact) mass is 394 g/mol. The topological polar surface area (TPSA) is 79.6 Å². The summed E-state index contributed by atoms with van der Waals surface area (Å²) in [5.41, 5.74) is -1.05. The molecular weight excluding hydrogens is 377 g/mol. The predicted octanol–water partition coefficient (Wildman–Crippen LogP) is 3.36. The van der Waals surface area contributed by atoms with E-state index in [0.717, 1.165) is 12.3 Å². The zero-order chi connectivity index (χ0) is 20.3. The molecule has 1 aromatic carbocycles. The second-order valence-electron chi connectivity index (χ2n) is 6.31. The molecular formula is C18H17F3N4O3. The van der Waals surface area contributed by atoms with Crippen LogP contribution in [0, 0.1) is 10.1 Å². The van der Waals surface area contributed by atoms with E-state index in [-0.39, 0.29) is 17.8 Å². The molecule has 148 valence electrons. The van der Waals surface area contributed by atoms with Gasteiger partial charge in [-0.1, -0.05) is 12.1 Å². The molecule has 2 aromatic rings. The lowest BCUT2D eigenvalue weighted by atomic mass is 10.1. The van der Waals surface area contributed by atoms with E-state index in [2.05, 4.69) is 4.98 Å². The van der Waals surface area contributed by atoms with Crippen LogP contribution in [0.25, 0.3) is 0 Å². The zero-order valence-electron chi connectivity index (χ0n) is 14.7. The summed E-state index contributed by atoms with van der Waals surface area (Å²) in [6.45, 7) is 1.55. The maximum absolute atomic E-state index is 12.7. The Hall–Kier alpha value is -3.17. The molecule has 1 amide bonds. The third-order valence-electron chi connectivity index (χ3n) is 4.51. The third kappa shape index (κ3) is 4.21. The minimum Gasteiger partial charge on any atom is -0.355 e. The fraction of sp³-hybridized carbons (Fsp3) is 0.333. The maximum Gasteiger partial charge on any atom is 0.417 e. The van der Waals surface area contributed by atoms with Gasteiger partial charge in [-0.15, -0.1) is 0 Å². The number of nitro groups is 1. The normalized spacial score (nSPS) is 15.2. The van der Waals surface area contributed by atoms with Gasteiger partial charge in [0.25, 0.3) is 11.6 Å². The molecule has 0 aliphatic carbocycles. The number of anilines is 1. The number of pyridine rings is 1. The van der Waals surface area contributed by atoms with E-state index in [4.69, 9.17) is 0 Å². The molecule has 7 nitrogen and oxygen atoms in total. The van der Waals surface area contributed by atoms with Crippen LogP contribution in [-0.2, 0) is 6.18 Å². The van der Waals surface area contributed by atoms with E-state index >= 15 is 0 Å². The van der Waals surface area contributed by atoms with Crippen molar-refractivity contribution in [1.29, 1.82) is 0 Å². The summed E-state index contributed by atoms with van der Waals surface area (Å²) in [6, 6.07) is 8.04. The number of hydrogen-bond acceptors (Lipinski definition) is 5. The number of hydrogen-bond donors (Lipinski definition) is 0. The first-order valence-corrected chi connectivity index (χ1v) is 8.58. The molecule has 1 saturated heterocycles. The largest absolute Gasteiger partial charge is 0.417 e. The standard InChI is InChI=1S/C18H17F3N4O3/c19-18(20,21)13-6-7-16(22-12-13)23-8-3-9-24(11-10-23)17(26)14-4-1-2-5-15(14)25(27)28/h1-2,4-7,12H,3,8-11H2. The number of nitro benzene ring substituents is 1. The number of carbonyl (C=O) groups excluding carboxylic acids is 1. The number of nitrogens with zero attached hydrogens (tertiary/aromatic N) is 4. The Morgan fingerprint density at radius 1 is 1.07 bits per heavy atom. The highest BCUT2D eigenvalue weighted by atomic mass is 19.4. The molecule has 10 heteroatoms. The highest BCUT2D eigenvalue weighted by Gasteiger charge is 2.31. The van der Waals surface area contributed by atoms with Crippen molar-refractivity contribution >= 4 is 17.4 Å². The van der Waals surface area contributed by atoms with Gasteiger partial charge >= 0.3 is 6.18 Å². The quantitative estimate of drug-likeness (QED) is 0.589. The number of benzene rings is 1. The van der Waals surface area contributed by atoms with Gasteiger partial charge in [-0.3, -0.25) is 14.9 Å². The van der Waals surface area contributed by atoms with Gasteiger partial charge in [-0.25, -0.2) is 4.98 Å². The van der Waals surface area contributed by atoms with Gasteiger partial charge < -0.3 is 9.80 Å². The van der Waals surface area contributed by atoms with E-state index < -0.39 is 22.6 Å². The lowest BCUT2D eigenvalue weighted by Gasteiger charge is -2.23. The van der Waals surface area contributed by atoms with Gasteiger partial charge in [0, 0.05) is 38.4 Å². The number of para-hydroxylation sites is 1. The lowest BCUT2D eigenvalue weighted by Crippen LogP contribution is -2.35. The van der Waals surface area contributed by atoms with Crippen molar-refractivity contribution in [3.63, 3.8) is 0 Å². The molecule has 0 atom stereocenters. The Bertz CT molecular complexity index is 871. The van der Waals surface area contributed by atoms with Gasteiger partial charge in [0.05, 0.1) is 10.5 Å². The number of amides is 1. The number of rotatable bonds is 3. The average Bonchev–Trinajstić information content (AvgIpc) is 2.93. The fourth-order valence-corrected chi connectivity index (χ4v) is 3.07. The highest BCUT2D eigenvalue weighted by molar-refractivity contribution is 5.98. The Kier molecular flexibility index (Phi) is 5.48. The third-order valence-corrected chi connectivity index (χ3v) is 4.51. The van der Waals surface area contributed by atoms with Crippen LogP contribution in [-0.4, -0.2) is 46.9 Å². The van der Waals surface area contributed by atoms with E-state index in [1.165, 1.54) is 29.2 Å². The Balaban J connectivity index is 1.72. The molecule has 0 bridgehead atoms. The van der Waals surface area contributed by atoms with Crippen LogP contribution < -0.4 is 4.90 Å². The van der Waals surface area contributed by atoms with Gasteiger partial charge in [0.1, 0.15) is 11.4 Å². The van der Waals surface area contributed by atoms with Crippen LogP contribution in [0.4, 0.5) is 24.7 Å². The summed E-state index contributed by atoms with van der Waals surface area (Å²) in [7, 11) is 0. The second-order valence-corrected chi connectivity index (χ2v) is 6.31. The van der Waals surface area contributed by atoms with Crippen molar-refractivity contribution in [2.24, 2.45) is 0 Å². The molecule has 0 radical (unpaired) electrons. The molecule has 1 aliphatic heterocycles. The summed E-state index contributed by atoms with van der Waals surface area (Å²) in [6.07, 6.45) is -3.09. The molecule has 0 saturated carbocycles. The first-order valence-electron chi connectivity index (χ1n) is 8.58. The summed E-state index contributed by atoms with van der Waals surface area (Å²) in [4.78, 5) is 30.5. The van der Waals surface area contributed by atoms with Crippen molar-refractivity contribution in [3.8, 4) is 0 Å². The molecule has 0 spiro atoms. The molecule has 2 heterocycles. The fourth-order valence-electron chi connectivity index (χ4n) is 3.07. The van der Waals surface area contributed by atoms with Crippen LogP contribution in [0.1, 0.15) is 22.3 Å². The number of aromatic nitrogens is 1. The zero-order valence-corrected chi connectivity index (χ0v) is 14.7. The number of halogens is 3. The van der Waals surface area contributed by atoms with E-state index in [1.54, 1.807) is 11.0 Å². The van der Waals surface area contributed by atoms with Crippen molar-refractivity contribution in [2.75, 3.05) is 31.1 Å². The van der Waals surface area contributed by atoms with Crippen LogP contribution in [0.15, 0.2) is 42.6 Å². The first-order chi connectivity index (χ1) is 13.3. The highest BCUT2D eigenvalue weighted by Crippen LogP contribution is 2.29. The Morgan fingerprint density at radius 2 is 1.82 bits per heavy atom. The summed E-state index contributed by atoms with van der Waals surface area (Å²) >= 11 is 0. The smallest absolute Gasteiger partial charge is 0.355 e. The molecule has 0 N–H and O–H groups in total. The van der Waals surface area contributed by atoms with Crippen molar-refractivity contribution in [2.45, 2.75) is 12.6 Å². The SMILES string of the molecule is O=C(c1ccccc1[N+](=O)[O-])N1CCCN(c2ccc(C(F)(F)F)cn2)CC1. The van der Waals surface area contributed by atoms with E-state index in [1.807, 2.05) is 0 Å². The van der Waals surface area contributed by atoms with Crippen LogP contribution in [0.3, 0.4) is 0 Å². The van der Waals surface area contributed by atoms with Gasteiger partial charge in [0.2, 0.25) is 0 Å². The lowest BCUT2D eigenvalue weighted by molar-refractivity contribution is -0.385. The van der Waals surface area contributed by atoms with Crippen molar-refractivity contribution in [3.05, 3.63) is 63.8 Å². The molecule has 1 fully saturated rings. The van der Waals surface area contributed by atoms with Crippen LogP contribution in [0.5, 0.6) is 0 Å². The molecule has 1 aliphatic rings. The predicted molar refractivity (Wildman–Crippen MR) is 95.1 cm³/mol. The number of alkyl halides is 3.